The van der Waals surface area contributed by atoms with E-state index in [1.165, 1.54) is 0 Å². The number of ether oxygens (including phenoxy) is 4. The smallest absolute Gasteiger partial charge is 0.199 e. The molecule has 2 aromatic rings. The van der Waals surface area contributed by atoms with Crippen LogP contribution in [0.5, 0.6) is 17.2 Å². The first-order chi connectivity index (χ1) is 12.7. The van der Waals surface area contributed by atoms with Crippen molar-refractivity contribution in [2.24, 2.45) is 0 Å². The molecule has 0 aromatic heterocycles. The molecule has 5 heteroatoms. The fourth-order valence-corrected chi connectivity index (χ4v) is 3.01. The summed E-state index contributed by atoms with van der Waals surface area (Å²) < 4.78 is 22.0. The standard InChI is InChI=1S/C21H23ClO4/c1-23-17-11-16(12-18(14-17)24-2)7-6-15-8-9-20(19(22)13-15)26-21-5-3-4-10-25-21/h6-9,11-14,21H,3-5,10H2,1-2H3. The highest BCUT2D eigenvalue weighted by molar-refractivity contribution is 6.32. The monoisotopic (exact) mass is 374 g/mol. The van der Waals surface area contributed by atoms with Gasteiger partial charge in [0.1, 0.15) is 17.2 Å². The summed E-state index contributed by atoms with van der Waals surface area (Å²) in [6.45, 7) is 0.743. The first-order valence-corrected chi connectivity index (χ1v) is 9.04. The molecule has 0 amide bonds. The van der Waals surface area contributed by atoms with E-state index in [0.717, 1.165) is 48.5 Å². The van der Waals surface area contributed by atoms with Gasteiger partial charge < -0.3 is 18.9 Å². The van der Waals surface area contributed by atoms with Crippen molar-refractivity contribution in [3.05, 3.63) is 52.5 Å². The van der Waals surface area contributed by atoms with Crippen LogP contribution in [-0.4, -0.2) is 27.1 Å². The van der Waals surface area contributed by atoms with E-state index in [0.29, 0.717) is 10.8 Å². The highest BCUT2D eigenvalue weighted by Crippen LogP contribution is 2.29. The summed E-state index contributed by atoms with van der Waals surface area (Å²) in [4.78, 5) is 0. The Kier molecular flexibility index (Phi) is 6.42. The van der Waals surface area contributed by atoms with Crippen molar-refractivity contribution < 1.29 is 18.9 Å². The van der Waals surface area contributed by atoms with Crippen LogP contribution in [0.1, 0.15) is 30.4 Å². The maximum atomic E-state index is 6.37. The lowest BCUT2D eigenvalue weighted by Gasteiger charge is -2.23. The number of hydrogen-bond donors (Lipinski definition) is 0. The second kappa shape index (κ2) is 8.97. The van der Waals surface area contributed by atoms with Crippen molar-refractivity contribution in [3.63, 3.8) is 0 Å². The minimum Gasteiger partial charge on any atom is -0.497 e. The lowest BCUT2D eigenvalue weighted by atomic mass is 10.1. The van der Waals surface area contributed by atoms with Gasteiger partial charge in [-0.15, -0.1) is 0 Å². The van der Waals surface area contributed by atoms with E-state index < -0.39 is 0 Å². The van der Waals surface area contributed by atoms with Crippen LogP contribution in [0.3, 0.4) is 0 Å². The number of halogens is 1. The van der Waals surface area contributed by atoms with Crippen molar-refractivity contribution in [3.8, 4) is 17.2 Å². The fourth-order valence-electron chi connectivity index (χ4n) is 2.78. The molecule has 1 atom stereocenters. The molecule has 26 heavy (non-hydrogen) atoms. The van der Waals surface area contributed by atoms with Crippen LogP contribution in [0.15, 0.2) is 36.4 Å². The highest BCUT2D eigenvalue weighted by Gasteiger charge is 2.16. The summed E-state index contributed by atoms with van der Waals surface area (Å²) in [6, 6.07) is 11.5. The molecule has 2 aromatic carbocycles. The van der Waals surface area contributed by atoms with Crippen LogP contribution in [0.4, 0.5) is 0 Å². The number of methoxy groups -OCH3 is 2. The molecule has 0 aliphatic carbocycles. The Labute approximate surface area is 159 Å². The quantitative estimate of drug-likeness (QED) is 0.631. The van der Waals surface area contributed by atoms with Gasteiger partial charge in [0.15, 0.2) is 6.29 Å². The third-order valence-corrected chi connectivity index (χ3v) is 4.49. The van der Waals surface area contributed by atoms with Crippen LogP contribution in [0, 0.1) is 0 Å². The Hall–Kier alpha value is -2.17. The lowest BCUT2D eigenvalue weighted by molar-refractivity contribution is -0.105. The first-order valence-electron chi connectivity index (χ1n) is 8.67. The maximum Gasteiger partial charge on any atom is 0.199 e. The minimum atomic E-state index is -0.202. The Morgan fingerprint density at radius 3 is 2.31 bits per heavy atom. The predicted octanol–water partition coefficient (Wildman–Crippen LogP) is 5.43. The Bertz CT molecular complexity index is 744. The molecule has 1 heterocycles. The average Bonchev–Trinajstić information content (AvgIpc) is 2.68. The van der Waals surface area contributed by atoms with E-state index in [9.17, 15) is 0 Å². The third-order valence-electron chi connectivity index (χ3n) is 4.19. The molecule has 0 bridgehead atoms. The molecule has 3 rings (SSSR count). The molecule has 1 aliphatic rings. The molecule has 1 fully saturated rings. The molecule has 0 N–H and O–H groups in total. The molecular weight excluding hydrogens is 352 g/mol. The van der Waals surface area contributed by atoms with Gasteiger partial charge >= 0.3 is 0 Å². The second-order valence-corrected chi connectivity index (χ2v) is 6.49. The first kappa shape index (κ1) is 18.6. The van der Waals surface area contributed by atoms with Gasteiger partial charge in [0.2, 0.25) is 0 Å². The number of hydrogen-bond acceptors (Lipinski definition) is 4. The summed E-state index contributed by atoms with van der Waals surface area (Å²) in [5.74, 6) is 2.15. The van der Waals surface area contributed by atoms with E-state index in [-0.39, 0.29) is 6.29 Å². The van der Waals surface area contributed by atoms with Gasteiger partial charge in [0, 0.05) is 12.5 Å². The molecule has 0 saturated carbocycles. The van der Waals surface area contributed by atoms with Crippen LogP contribution >= 0.6 is 11.6 Å². The zero-order valence-corrected chi connectivity index (χ0v) is 15.8. The molecule has 0 radical (unpaired) electrons. The normalized spacial score (nSPS) is 17.3. The molecule has 1 unspecified atom stereocenters. The van der Waals surface area contributed by atoms with E-state index in [2.05, 4.69) is 0 Å². The molecular formula is C21H23ClO4. The molecule has 138 valence electrons. The van der Waals surface area contributed by atoms with Gasteiger partial charge in [0.05, 0.1) is 25.8 Å². The van der Waals surface area contributed by atoms with Crippen molar-refractivity contribution in [2.75, 3.05) is 20.8 Å². The van der Waals surface area contributed by atoms with Crippen molar-refractivity contribution in [1.29, 1.82) is 0 Å². The van der Waals surface area contributed by atoms with Crippen LogP contribution < -0.4 is 14.2 Å². The lowest BCUT2D eigenvalue weighted by Crippen LogP contribution is -2.25. The Morgan fingerprint density at radius 1 is 0.962 bits per heavy atom. The van der Waals surface area contributed by atoms with Gasteiger partial charge in [-0.25, -0.2) is 0 Å². The fraction of sp³-hybridized carbons (Fsp3) is 0.333. The molecule has 1 aliphatic heterocycles. The zero-order valence-electron chi connectivity index (χ0n) is 15.0. The van der Waals surface area contributed by atoms with Gasteiger partial charge in [-0.2, -0.15) is 0 Å². The number of benzene rings is 2. The van der Waals surface area contributed by atoms with Gasteiger partial charge in [-0.1, -0.05) is 29.8 Å². The number of rotatable bonds is 6. The van der Waals surface area contributed by atoms with Gasteiger partial charge in [0.25, 0.3) is 0 Å². The maximum absolute atomic E-state index is 6.37. The summed E-state index contributed by atoms with van der Waals surface area (Å²) in [5.41, 5.74) is 1.96. The Balaban J connectivity index is 1.72. The van der Waals surface area contributed by atoms with Crippen molar-refractivity contribution >= 4 is 23.8 Å². The van der Waals surface area contributed by atoms with E-state index in [4.69, 9.17) is 30.5 Å². The SMILES string of the molecule is COc1cc(C=Cc2ccc(OC3CCCCO3)c(Cl)c2)cc(OC)c1. The topological polar surface area (TPSA) is 36.9 Å². The van der Waals surface area contributed by atoms with Crippen LogP contribution in [-0.2, 0) is 4.74 Å². The van der Waals surface area contributed by atoms with Crippen molar-refractivity contribution in [1.82, 2.24) is 0 Å². The van der Waals surface area contributed by atoms with E-state index >= 15 is 0 Å². The largest absolute Gasteiger partial charge is 0.497 e. The van der Waals surface area contributed by atoms with Gasteiger partial charge in [-0.3, -0.25) is 0 Å². The summed E-state index contributed by atoms with van der Waals surface area (Å²) in [6.07, 6.45) is 6.88. The molecule has 0 spiro atoms. The molecule has 1 saturated heterocycles. The average molecular weight is 375 g/mol. The van der Waals surface area contributed by atoms with Crippen molar-refractivity contribution in [2.45, 2.75) is 25.6 Å². The highest BCUT2D eigenvalue weighted by atomic mass is 35.5. The van der Waals surface area contributed by atoms with Gasteiger partial charge in [-0.05, 0) is 48.2 Å². The van der Waals surface area contributed by atoms with Crippen LogP contribution in [0.2, 0.25) is 5.02 Å². The predicted molar refractivity (Wildman–Crippen MR) is 104 cm³/mol. The summed E-state index contributed by atoms with van der Waals surface area (Å²) in [5, 5.41) is 0.574. The summed E-state index contributed by atoms with van der Waals surface area (Å²) >= 11 is 6.37. The van der Waals surface area contributed by atoms with Crippen LogP contribution in [0.25, 0.3) is 12.2 Å². The molecule has 4 nitrogen and oxygen atoms in total. The Morgan fingerprint density at radius 2 is 1.69 bits per heavy atom. The second-order valence-electron chi connectivity index (χ2n) is 6.08. The van der Waals surface area contributed by atoms with E-state index in [1.54, 1.807) is 14.2 Å². The zero-order chi connectivity index (χ0) is 18.4. The minimum absolute atomic E-state index is 0.202. The van der Waals surface area contributed by atoms with E-state index in [1.807, 2.05) is 48.6 Å². The summed E-state index contributed by atoms with van der Waals surface area (Å²) in [7, 11) is 3.27. The third kappa shape index (κ3) is 4.93.